The first-order chi connectivity index (χ1) is 31.0. The monoisotopic (exact) mass is 1000 g/mol. The molecule has 0 unspecified atom stereocenters. The van der Waals surface area contributed by atoms with Crippen molar-refractivity contribution < 1.29 is 30.4 Å². The topological polar surface area (TPSA) is 40.8 Å². The van der Waals surface area contributed by atoms with Gasteiger partial charge >= 0.3 is 0 Å². The molecule has 4 aromatic heterocycles. The van der Waals surface area contributed by atoms with E-state index >= 15 is 0 Å². The summed E-state index contributed by atoms with van der Waals surface area (Å²) < 4.78 is 15.5. The number of fused-ring (bicyclic) bond motifs is 10. The van der Waals surface area contributed by atoms with Gasteiger partial charge in [-0.2, -0.15) is 18.2 Å². The molecule has 0 radical (unpaired) electrons. The summed E-state index contributed by atoms with van der Waals surface area (Å²) in [5.41, 5.74) is 14.1. The number of para-hydroxylation sites is 6. The van der Waals surface area contributed by atoms with Gasteiger partial charge in [0.05, 0.1) is 27.8 Å². The van der Waals surface area contributed by atoms with Crippen LogP contribution >= 0.6 is 0 Å². The van der Waals surface area contributed by atoms with Gasteiger partial charge in [0, 0.05) is 71.7 Å². The van der Waals surface area contributed by atoms with Crippen molar-refractivity contribution in [3.05, 3.63) is 218 Å². The van der Waals surface area contributed by atoms with Gasteiger partial charge in [0.15, 0.2) is 0 Å². The van der Waals surface area contributed by atoms with Crippen LogP contribution < -0.4 is 9.30 Å². The second-order valence-electron chi connectivity index (χ2n) is 16.8. The maximum Gasteiger partial charge on any atom is 0.268 e. The van der Waals surface area contributed by atoms with Crippen LogP contribution in [0.5, 0.6) is 11.5 Å². The maximum atomic E-state index is 6.66. The molecule has 12 aromatic rings. The van der Waals surface area contributed by atoms with Gasteiger partial charge in [0.1, 0.15) is 5.82 Å². The summed E-state index contributed by atoms with van der Waals surface area (Å²) in [6.07, 6.45) is 5.77. The fraction of sp³-hybridized carbons (Fsp3) is 0.0526. The number of pyridine rings is 1. The normalized spacial score (nSPS) is 12.8. The zero-order chi connectivity index (χ0) is 41.8. The first-order valence-corrected chi connectivity index (χ1v) is 21.3. The van der Waals surface area contributed by atoms with Gasteiger partial charge in [-0.15, -0.1) is 29.7 Å². The van der Waals surface area contributed by atoms with E-state index in [9.17, 15) is 0 Å². The average Bonchev–Trinajstić information content (AvgIpc) is 4.05. The molecular weight excluding hydrogens is 966 g/mol. The summed E-state index contributed by atoms with van der Waals surface area (Å²) in [4.78, 5) is 5.10. The Labute approximate surface area is 384 Å². The van der Waals surface area contributed by atoms with Crippen LogP contribution in [0.4, 0.5) is 0 Å². The smallest absolute Gasteiger partial charge is 0.268 e. The Morgan fingerprint density at radius 2 is 1.22 bits per heavy atom. The second-order valence-corrected chi connectivity index (χ2v) is 16.8. The SMILES string of the molecule is CC1(C)c2ccccc2-c2cnc(-n3c4[c-]c(Oc5[c-]c(-n6[c-][n+](-c7cccc8c9ccccc9n(-c9ccccc9)c78)c7ccccc76)ccc5)ccc4c4ccccc43)cc21.[Pt]. The van der Waals surface area contributed by atoms with Crippen molar-refractivity contribution in [3.8, 4) is 45.5 Å². The van der Waals surface area contributed by atoms with E-state index in [1.807, 2.05) is 30.5 Å². The van der Waals surface area contributed by atoms with Crippen LogP contribution in [0, 0.1) is 18.5 Å². The van der Waals surface area contributed by atoms with Crippen molar-refractivity contribution in [1.29, 1.82) is 0 Å². The Hall–Kier alpha value is -7.53. The van der Waals surface area contributed by atoms with Crippen LogP contribution in [0.15, 0.2) is 188 Å². The van der Waals surface area contributed by atoms with E-state index in [4.69, 9.17) is 9.72 Å². The number of imidazole rings is 1. The molecule has 64 heavy (non-hydrogen) atoms. The third-order valence-corrected chi connectivity index (χ3v) is 12.9. The van der Waals surface area contributed by atoms with E-state index in [-0.39, 0.29) is 26.5 Å². The minimum absolute atomic E-state index is 0. The van der Waals surface area contributed by atoms with E-state index in [0.717, 1.165) is 66.8 Å². The van der Waals surface area contributed by atoms with Crippen LogP contribution in [0.1, 0.15) is 25.0 Å². The largest absolute Gasteiger partial charge is 0.510 e. The van der Waals surface area contributed by atoms with Crippen molar-refractivity contribution in [2.45, 2.75) is 19.3 Å². The second kappa shape index (κ2) is 14.5. The molecular formula is C57H37N5OPt-2. The Bertz CT molecular complexity index is 3820. The van der Waals surface area contributed by atoms with Gasteiger partial charge in [-0.05, 0) is 64.2 Å². The van der Waals surface area contributed by atoms with Gasteiger partial charge in [0.2, 0.25) is 0 Å². The first kappa shape index (κ1) is 38.2. The molecule has 308 valence electrons. The number of rotatable bonds is 6. The predicted octanol–water partition coefficient (Wildman–Crippen LogP) is 13.0. The fourth-order valence-corrected chi connectivity index (χ4v) is 10.1. The molecule has 4 heterocycles. The quantitative estimate of drug-likeness (QED) is 0.123. The number of hydrogen-bond donors (Lipinski definition) is 0. The molecule has 0 aliphatic heterocycles. The Balaban J connectivity index is 0.00000433. The number of hydrogen-bond acceptors (Lipinski definition) is 2. The van der Waals surface area contributed by atoms with Crippen molar-refractivity contribution in [1.82, 2.24) is 18.7 Å². The van der Waals surface area contributed by atoms with Gasteiger partial charge in [-0.1, -0.05) is 135 Å². The van der Waals surface area contributed by atoms with Crippen LogP contribution in [-0.2, 0) is 26.5 Å². The van der Waals surface area contributed by atoms with Crippen molar-refractivity contribution in [3.63, 3.8) is 0 Å². The first-order valence-electron chi connectivity index (χ1n) is 21.3. The van der Waals surface area contributed by atoms with Crippen LogP contribution in [0.3, 0.4) is 0 Å². The zero-order valence-corrected chi connectivity index (χ0v) is 37.1. The standard InChI is InChI=1S/C57H37N5O.Pt/c1-57(2)47-24-9-6-20-41(47)46-35-58-55(34-48(46)57)62-50-26-11-7-21-42(50)44-31-30-40(33-54(44)62)63-39-19-14-18-38(32-39)59-36-60(52-28-13-12-27-51(52)59)53-29-15-23-45-43-22-8-10-25-49(43)61(56(45)53)37-16-4-3-5-17-37;/h3-31,34-35H,1-2H3;/q-2;. The number of benzene rings is 8. The number of nitrogens with zero attached hydrogens (tertiary/aromatic N) is 5. The molecule has 0 atom stereocenters. The summed E-state index contributed by atoms with van der Waals surface area (Å²) in [6.45, 7) is 4.60. The zero-order valence-electron chi connectivity index (χ0n) is 34.9. The van der Waals surface area contributed by atoms with Crippen molar-refractivity contribution in [2.75, 3.05) is 0 Å². The number of aromatic nitrogens is 5. The molecule has 7 heteroatoms. The summed E-state index contributed by atoms with van der Waals surface area (Å²) >= 11 is 0. The molecule has 13 rings (SSSR count). The van der Waals surface area contributed by atoms with Crippen molar-refractivity contribution >= 4 is 54.6 Å². The molecule has 1 aliphatic carbocycles. The van der Waals surface area contributed by atoms with Crippen LogP contribution in [0.25, 0.3) is 88.7 Å². The summed E-state index contributed by atoms with van der Waals surface area (Å²) in [5.74, 6) is 2.02. The van der Waals surface area contributed by atoms with Gasteiger partial charge in [-0.3, -0.25) is 4.57 Å². The summed E-state index contributed by atoms with van der Waals surface area (Å²) in [6, 6.07) is 70.9. The molecule has 0 saturated carbocycles. The molecule has 0 fully saturated rings. The summed E-state index contributed by atoms with van der Waals surface area (Å²) in [7, 11) is 0. The fourth-order valence-electron chi connectivity index (χ4n) is 10.1. The molecule has 0 amide bonds. The van der Waals surface area contributed by atoms with E-state index in [2.05, 4.69) is 208 Å². The Morgan fingerprint density at radius 1 is 0.547 bits per heavy atom. The summed E-state index contributed by atoms with van der Waals surface area (Å²) in [5, 5.41) is 4.60. The molecule has 8 aromatic carbocycles. The van der Waals surface area contributed by atoms with Gasteiger partial charge in [0.25, 0.3) is 6.33 Å². The average molecular weight is 1000 g/mol. The van der Waals surface area contributed by atoms with E-state index in [0.29, 0.717) is 11.5 Å². The third kappa shape index (κ3) is 5.62. The van der Waals surface area contributed by atoms with Crippen molar-refractivity contribution in [2.24, 2.45) is 0 Å². The Morgan fingerprint density at radius 3 is 2.06 bits per heavy atom. The Kier molecular flexibility index (Phi) is 8.66. The molecule has 1 aliphatic rings. The van der Waals surface area contributed by atoms with Gasteiger partial charge in [-0.25, -0.2) is 4.98 Å². The van der Waals surface area contributed by atoms with E-state index in [1.165, 1.54) is 33.0 Å². The molecule has 0 bridgehead atoms. The predicted molar refractivity (Wildman–Crippen MR) is 252 cm³/mol. The minimum atomic E-state index is -0.154. The third-order valence-electron chi connectivity index (χ3n) is 12.9. The van der Waals surface area contributed by atoms with E-state index in [1.54, 1.807) is 0 Å². The van der Waals surface area contributed by atoms with Crippen LogP contribution in [-0.4, -0.2) is 18.7 Å². The molecule has 0 N–H and O–H groups in total. The molecule has 0 spiro atoms. The molecule has 0 saturated heterocycles. The van der Waals surface area contributed by atoms with Crippen LogP contribution in [0.2, 0.25) is 0 Å². The molecule has 6 nitrogen and oxygen atoms in total. The maximum absolute atomic E-state index is 6.66. The van der Waals surface area contributed by atoms with E-state index < -0.39 is 0 Å². The minimum Gasteiger partial charge on any atom is -0.510 e. The van der Waals surface area contributed by atoms with Gasteiger partial charge < -0.3 is 18.4 Å². The number of ether oxygens (including phenoxy) is 1.